The Labute approximate surface area is 172 Å². The van der Waals surface area contributed by atoms with Crippen LogP contribution in [0.15, 0.2) is 42.5 Å². The van der Waals surface area contributed by atoms with Crippen molar-refractivity contribution in [3.05, 3.63) is 59.2 Å². The molecule has 29 heavy (non-hydrogen) atoms. The van der Waals surface area contributed by atoms with Gasteiger partial charge in [0.2, 0.25) is 0 Å². The molecule has 0 spiro atoms. The molecule has 2 aromatic carbocycles. The van der Waals surface area contributed by atoms with Crippen LogP contribution in [0.3, 0.4) is 0 Å². The standard InChI is InChI=1S/C23H30N2O4/c1-5-20(29-21-12-11-16(2)15-17(21)3)23(27)25-19-10-7-6-9-18(19)22(26)24-13-8-14-28-4/h6-7,9-12,15,20H,5,8,13-14H2,1-4H3,(H,24,26)(H,25,27)/t20-/m0/s1. The van der Waals surface area contributed by atoms with Crippen molar-refractivity contribution in [1.29, 1.82) is 0 Å². The summed E-state index contributed by atoms with van der Waals surface area (Å²) in [6.07, 6.45) is 0.567. The molecule has 0 bridgehead atoms. The van der Waals surface area contributed by atoms with Crippen LogP contribution in [-0.2, 0) is 9.53 Å². The van der Waals surface area contributed by atoms with E-state index in [4.69, 9.17) is 9.47 Å². The van der Waals surface area contributed by atoms with E-state index in [2.05, 4.69) is 10.6 Å². The third-order valence-electron chi connectivity index (χ3n) is 4.50. The van der Waals surface area contributed by atoms with Crippen LogP contribution in [0.2, 0.25) is 0 Å². The van der Waals surface area contributed by atoms with Crippen LogP contribution in [-0.4, -0.2) is 38.2 Å². The van der Waals surface area contributed by atoms with Gasteiger partial charge in [-0.15, -0.1) is 0 Å². The van der Waals surface area contributed by atoms with Gasteiger partial charge in [-0.2, -0.15) is 0 Å². The molecular weight excluding hydrogens is 368 g/mol. The molecule has 0 aliphatic carbocycles. The first kappa shape index (κ1) is 22.4. The first-order valence-electron chi connectivity index (χ1n) is 9.87. The van der Waals surface area contributed by atoms with Gasteiger partial charge in [-0.1, -0.05) is 36.8 Å². The molecule has 0 unspecified atom stereocenters. The first-order chi connectivity index (χ1) is 14.0. The van der Waals surface area contributed by atoms with E-state index < -0.39 is 6.10 Å². The van der Waals surface area contributed by atoms with E-state index in [0.717, 1.165) is 17.5 Å². The molecule has 156 valence electrons. The van der Waals surface area contributed by atoms with E-state index in [1.165, 1.54) is 0 Å². The van der Waals surface area contributed by atoms with E-state index in [9.17, 15) is 9.59 Å². The first-order valence-corrected chi connectivity index (χ1v) is 9.87. The van der Waals surface area contributed by atoms with Crippen molar-refractivity contribution in [1.82, 2.24) is 5.32 Å². The lowest BCUT2D eigenvalue weighted by Crippen LogP contribution is -2.34. The van der Waals surface area contributed by atoms with Crippen LogP contribution >= 0.6 is 0 Å². The largest absolute Gasteiger partial charge is 0.480 e. The Morgan fingerprint density at radius 1 is 1.10 bits per heavy atom. The second-order valence-electron chi connectivity index (χ2n) is 6.92. The highest BCUT2D eigenvalue weighted by Gasteiger charge is 2.21. The molecule has 0 aliphatic rings. The van der Waals surface area contributed by atoms with E-state index in [1.54, 1.807) is 31.4 Å². The molecule has 6 heteroatoms. The third kappa shape index (κ3) is 6.61. The minimum Gasteiger partial charge on any atom is -0.480 e. The number of benzene rings is 2. The second kappa shape index (κ2) is 11.2. The van der Waals surface area contributed by atoms with Crippen molar-refractivity contribution >= 4 is 17.5 Å². The van der Waals surface area contributed by atoms with Crippen LogP contribution in [0.1, 0.15) is 41.3 Å². The SMILES string of the molecule is CC[C@H](Oc1ccc(C)cc1C)C(=O)Nc1ccccc1C(=O)NCCCOC. The van der Waals surface area contributed by atoms with Crippen molar-refractivity contribution in [3.63, 3.8) is 0 Å². The molecule has 2 rings (SSSR count). The fourth-order valence-corrected chi connectivity index (χ4v) is 2.92. The van der Waals surface area contributed by atoms with Gasteiger partial charge < -0.3 is 20.1 Å². The second-order valence-corrected chi connectivity index (χ2v) is 6.92. The molecule has 0 saturated heterocycles. The van der Waals surface area contributed by atoms with E-state index in [0.29, 0.717) is 36.6 Å². The summed E-state index contributed by atoms with van der Waals surface area (Å²) in [6.45, 7) is 6.94. The van der Waals surface area contributed by atoms with Gasteiger partial charge in [-0.3, -0.25) is 9.59 Å². The zero-order chi connectivity index (χ0) is 21.2. The molecule has 0 fully saturated rings. The number of carbonyl (C=O) groups is 2. The van der Waals surface area contributed by atoms with Crippen molar-refractivity contribution in [2.75, 3.05) is 25.6 Å². The van der Waals surface area contributed by atoms with Gasteiger partial charge in [0.05, 0.1) is 11.3 Å². The van der Waals surface area contributed by atoms with Crippen molar-refractivity contribution in [2.24, 2.45) is 0 Å². The molecule has 2 N–H and O–H groups in total. The number of methoxy groups -OCH3 is 1. The number of hydrogen-bond acceptors (Lipinski definition) is 4. The number of rotatable bonds is 10. The Hall–Kier alpha value is -2.86. The van der Waals surface area contributed by atoms with Gasteiger partial charge in [0.15, 0.2) is 6.10 Å². The topological polar surface area (TPSA) is 76.7 Å². The van der Waals surface area contributed by atoms with Crippen molar-refractivity contribution in [2.45, 2.75) is 39.7 Å². The van der Waals surface area contributed by atoms with Crippen molar-refractivity contribution in [3.8, 4) is 5.75 Å². The summed E-state index contributed by atoms with van der Waals surface area (Å²) in [5.74, 6) is 0.161. The molecule has 0 radical (unpaired) electrons. The van der Waals surface area contributed by atoms with Crippen LogP contribution < -0.4 is 15.4 Å². The van der Waals surface area contributed by atoms with Gasteiger partial charge in [-0.05, 0) is 50.5 Å². The van der Waals surface area contributed by atoms with Gasteiger partial charge >= 0.3 is 0 Å². The summed E-state index contributed by atoms with van der Waals surface area (Å²) < 4.78 is 10.9. The van der Waals surface area contributed by atoms with E-state index in [1.807, 2.05) is 39.0 Å². The number of para-hydroxylation sites is 1. The monoisotopic (exact) mass is 398 g/mol. The number of hydrogen-bond donors (Lipinski definition) is 2. The minimum absolute atomic E-state index is 0.236. The third-order valence-corrected chi connectivity index (χ3v) is 4.50. The molecule has 0 aliphatic heterocycles. The van der Waals surface area contributed by atoms with Gasteiger partial charge in [0.1, 0.15) is 5.75 Å². The summed E-state index contributed by atoms with van der Waals surface area (Å²) in [6, 6.07) is 12.8. The molecule has 6 nitrogen and oxygen atoms in total. The summed E-state index contributed by atoms with van der Waals surface area (Å²) >= 11 is 0. The normalized spacial score (nSPS) is 11.6. The Bertz CT molecular complexity index is 835. The highest BCUT2D eigenvalue weighted by Crippen LogP contribution is 2.22. The van der Waals surface area contributed by atoms with Crippen LogP contribution in [0.4, 0.5) is 5.69 Å². The van der Waals surface area contributed by atoms with Crippen LogP contribution in [0.5, 0.6) is 5.75 Å². The van der Waals surface area contributed by atoms with Crippen LogP contribution in [0, 0.1) is 13.8 Å². The molecule has 1 atom stereocenters. The fourth-order valence-electron chi connectivity index (χ4n) is 2.92. The molecule has 0 aromatic heterocycles. The lowest BCUT2D eigenvalue weighted by molar-refractivity contribution is -0.122. The van der Waals surface area contributed by atoms with E-state index >= 15 is 0 Å². The summed E-state index contributed by atoms with van der Waals surface area (Å²) in [7, 11) is 1.62. The number of ether oxygens (including phenoxy) is 2. The average Bonchev–Trinajstić information content (AvgIpc) is 2.71. The predicted molar refractivity (Wildman–Crippen MR) is 115 cm³/mol. The maximum absolute atomic E-state index is 12.8. The summed E-state index contributed by atoms with van der Waals surface area (Å²) in [5.41, 5.74) is 2.99. The van der Waals surface area contributed by atoms with Crippen molar-refractivity contribution < 1.29 is 19.1 Å². The lowest BCUT2D eigenvalue weighted by Gasteiger charge is -2.20. The van der Waals surface area contributed by atoms with Gasteiger partial charge in [0, 0.05) is 20.3 Å². The van der Waals surface area contributed by atoms with E-state index in [-0.39, 0.29) is 11.8 Å². The smallest absolute Gasteiger partial charge is 0.265 e. The Kier molecular flexibility index (Phi) is 8.68. The number of amides is 2. The number of anilines is 1. The number of aryl methyl sites for hydroxylation is 2. The quantitative estimate of drug-likeness (QED) is 0.596. The predicted octanol–water partition coefficient (Wildman–Crippen LogP) is 3.87. The fraction of sp³-hybridized carbons (Fsp3) is 0.391. The average molecular weight is 399 g/mol. The zero-order valence-electron chi connectivity index (χ0n) is 17.6. The number of carbonyl (C=O) groups excluding carboxylic acids is 2. The maximum atomic E-state index is 12.8. The number of nitrogens with one attached hydrogen (secondary N) is 2. The summed E-state index contributed by atoms with van der Waals surface area (Å²) in [5, 5.41) is 5.69. The maximum Gasteiger partial charge on any atom is 0.265 e. The molecule has 0 heterocycles. The lowest BCUT2D eigenvalue weighted by atomic mass is 10.1. The molecule has 2 amide bonds. The highest BCUT2D eigenvalue weighted by atomic mass is 16.5. The Morgan fingerprint density at radius 3 is 2.55 bits per heavy atom. The molecule has 0 saturated carbocycles. The Balaban J connectivity index is 2.07. The molecule has 2 aromatic rings. The Morgan fingerprint density at radius 2 is 1.86 bits per heavy atom. The van der Waals surface area contributed by atoms with Crippen LogP contribution in [0.25, 0.3) is 0 Å². The van der Waals surface area contributed by atoms with Gasteiger partial charge in [-0.25, -0.2) is 0 Å². The highest BCUT2D eigenvalue weighted by molar-refractivity contribution is 6.04. The van der Waals surface area contributed by atoms with Gasteiger partial charge in [0.25, 0.3) is 11.8 Å². The summed E-state index contributed by atoms with van der Waals surface area (Å²) in [4.78, 5) is 25.3. The molecular formula is C23H30N2O4. The minimum atomic E-state index is -0.658. The zero-order valence-corrected chi connectivity index (χ0v) is 17.6.